The number of anilines is 2. The van der Waals surface area contributed by atoms with Crippen LogP contribution in [0.4, 0.5) is 17.1 Å². The average molecular weight is 363 g/mol. The van der Waals surface area contributed by atoms with Gasteiger partial charge in [0.1, 0.15) is 0 Å². The van der Waals surface area contributed by atoms with E-state index in [1.807, 2.05) is 30.3 Å². The Morgan fingerprint density at radius 1 is 1.22 bits per heavy atom. The molecule has 0 saturated heterocycles. The van der Waals surface area contributed by atoms with Gasteiger partial charge in [-0.25, -0.2) is 0 Å². The van der Waals surface area contributed by atoms with Crippen molar-refractivity contribution in [1.29, 1.82) is 0 Å². The number of para-hydroxylation sites is 1. The minimum absolute atomic E-state index is 0.0185. The third-order valence-corrected chi connectivity index (χ3v) is 5.67. The van der Waals surface area contributed by atoms with Crippen molar-refractivity contribution in [3.8, 4) is 0 Å². The number of carbonyl (C=O) groups is 1. The Morgan fingerprint density at radius 3 is 2.74 bits per heavy atom. The molecule has 6 nitrogen and oxygen atoms in total. The highest BCUT2D eigenvalue weighted by atomic mass is 16.6. The Bertz CT molecular complexity index is 953. The molecule has 0 fully saturated rings. The molecule has 0 bridgehead atoms. The Kier molecular flexibility index (Phi) is 4.18. The summed E-state index contributed by atoms with van der Waals surface area (Å²) in [7, 11) is 1.76. The van der Waals surface area contributed by atoms with Crippen molar-refractivity contribution < 1.29 is 9.72 Å². The summed E-state index contributed by atoms with van der Waals surface area (Å²) in [4.78, 5) is 24.5. The summed E-state index contributed by atoms with van der Waals surface area (Å²) < 4.78 is 0. The van der Waals surface area contributed by atoms with Gasteiger partial charge >= 0.3 is 0 Å². The Morgan fingerprint density at radius 2 is 2.00 bits per heavy atom. The van der Waals surface area contributed by atoms with E-state index in [4.69, 9.17) is 0 Å². The monoisotopic (exact) mass is 363 g/mol. The number of amides is 1. The molecule has 0 radical (unpaired) electrons. The van der Waals surface area contributed by atoms with Crippen molar-refractivity contribution in [3.05, 3.63) is 75.9 Å². The topological polar surface area (TPSA) is 75.5 Å². The lowest BCUT2D eigenvalue weighted by molar-refractivity contribution is -0.385. The zero-order valence-electron chi connectivity index (χ0n) is 15.3. The summed E-state index contributed by atoms with van der Waals surface area (Å²) in [5.74, 6) is 0.359. The normalized spacial score (nSPS) is 22.5. The fourth-order valence-corrected chi connectivity index (χ4v) is 4.20. The number of benzene rings is 2. The SMILES string of the molecule is CC(=O)N(C)c1ccc2c(c1)C1C=CCC1C(c1ccccc1[N+](=O)[O-])N2. The van der Waals surface area contributed by atoms with Gasteiger partial charge < -0.3 is 10.2 Å². The van der Waals surface area contributed by atoms with Crippen LogP contribution in [0.15, 0.2) is 54.6 Å². The van der Waals surface area contributed by atoms with E-state index in [1.165, 1.54) is 0 Å². The molecule has 138 valence electrons. The molecular formula is C21H21N3O3. The number of nitro groups is 1. The van der Waals surface area contributed by atoms with Gasteiger partial charge in [0.25, 0.3) is 5.69 Å². The third-order valence-electron chi connectivity index (χ3n) is 5.67. The van der Waals surface area contributed by atoms with Gasteiger partial charge in [-0.15, -0.1) is 0 Å². The molecule has 2 aromatic rings. The van der Waals surface area contributed by atoms with E-state index >= 15 is 0 Å². The van der Waals surface area contributed by atoms with Crippen molar-refractivity contribution in [1.82, 2.24) is 0 Å². The van der Waals surface area contributed by atoms with Crippen molar-refractivity contribution in [2.24, 2.45) is 5.92 Å². The van der Waals surface area contributed by atoms with Crippen molar-refractivity contribution in [2.75, 3.05) is 17.3 Å². The molecule has 27 heavy (non-hydrogen) atoms. The maximum absolute atomic E-state index is 11.7. The molecular weight excluding hydrogens is 342 g/mol. The van der Waals surface area contributed by atoms with Crippen LogP contribution in [0.2, 0.25) is 0 Å². The van der Waals surface area contributed by atoms with Gasteiger partial charge in [0, 0.05) is 37.3 Å². The van der Waals surface area contributed by atoms with E-state index < -0.39 is 0 Å². The molecule has 1 aliphatic carbocycles. The molecule has 6 heteroatoms. The van der Waals surface area contributed by atoms with E-state index in [2.05, 4.69) is 17.5 Å². The second-order valence-electron chi connectivity index (χ2n) is 7.14. The standard InChI is InChI=1S/C21H21N3O3/c1-13(25)23(2)14-10-11-19-18(12-14)15-7-5-8-16(15)21(22-19)17-6-3-4-9-20(17)24(26)27/h3-7,9-12,15-16,21-22H,8H2,1-2H3. The number of nitrogens with zero attached hydrogens (tertiary/aromatic N) is 2. The van der Waals surface area contributed by atoms with E-state index in [-0.39, 0.29) is 34.4 Å². The first kappa shape index (κ1) is 17.3. The first-order chi connectivity index (χ1) is 13.0. The zero-order valence-corrected chi connectivity index (χ0v) is 15.3. The van der Waals surface area contributed by atoms with Crippen LogP contribution in [0.5, 0.6) is 0 Å². The predicted molar refractivity (Wildman–Crippen MR) is 105 cm³/mol. The van der Waals surface area contributed by atoms with E-state index in [1.54, 1.807) is 31.0 Å². The van der Waals surface area contributed by atoms with Crippen LogP contribution in [0, 0.1) is 16.0 Å². The summed E-state index contributed by atoms with van der Waals surface area (Å²) in [5.41, 5.74) is 3.82. The number of carbonyl (C=O) groups excluding carboxylic acids is 1. The molecule has 2 aromatic carbocycles. The second kappa shape index (κ2) is 6.54. The maximum Gasteiger partial charge on any atom is 0.274 e. The molecule has 0 saturated carbocycles. The third kappa shape index (κ3) is 2.87. The van der Waals surface area contributed by atoms with Crippen LogP contribution in [0.25, 0.3) is 0 Å². The number of nitro benzene ring substituents is 1. The maximum atomic E-state index is 11.7. The predicted octanol–water partition coefficient (Wildman–Crippen LogP) is 4.40. The first-order valence-corrected chi connectivity index (χ1v) is 9.02. The number of hydrogen-bond donors (Lipinski definition) is 1. The number of rotatable bonds is 3. The summed E-state index contributed by atoms with van der Waals surface area (Å²) in [5, 5.41) is 15.0. The number of fused-ring (bicyclic) bond motifs is 3. The fourth-order valence-electron chi connectivity index (χ4n) is 4.20. The lowest BCUT2D eigenvalue weighted by Crippen LogP contribution is -2.30. The molecule has 1 aliphatic heterocycles. The van der Waals surface area contributed by atoms with Gasteiger partial charge in [-0.2, -0.15) is 0 Å². The molecule has 3 atom stereocenters. The molecule has 1 N–H and O–H groups in total. The molecule has 1 amide bonds. The van der Waals surface area contributed by atoms with Gasteiger partial charge in [-0.3, -0.25) is 14.9 Å². The van der Waals surface area contributed by atoms with Crippen molar-refractivity contribution in [3.63, 3.8) is 0 Å². The van der Waals surface area contributed by atoms with Crippen LogP contribution >= 0.6 is 0 Å². The van der Waals surface area contributed by atoms with Crippen LogP contribution in [-0.4, -0.2) is 17.9 Å². The first-order valence-electron chi connectivity index (χ1n) is 9.02. The molecule has 2 aliphatic rings. The van der Waals surface area contributed by atoms with Crippen LogP contribution < -0.4 is 10.2 Å². The fraction of sp³-hybridized carbons (Fsp3) is 0.286. The lowest BCUT2D eigenvalue weighted by Gasteiger charge is -2.37. The highest BCUT2D eigenvalue weighted by Gasteiger charge is 2.40. The number of hydrogen-bond acceptors (Lipinski definition) is 4. The highest BCUT2D eigenvalue weighted by Crippen LogP contribution is 2.51. The van der Waals surface area contributed by atoms with Gasteiger partial charge in [-0.1, -0.05) is 30.4 Å². The van der Waals surface area contributed by atoms with Crippen LogP contribution in [-0.2, 0) is 4.79 Å². The minimum Gasteiger partial charge on any atom is -0.377 e. The summed E-state index contributed by atoms with van der Waals surface area (Å²) in [6.07, 6.45) is 5.19. The average Bonchev–Trinajstić information content (AvgIpc) is 3.16. The molecule has 4 rings (SSSR count). The number of allylic oxidation sites excluding steroid dienone is 2. The van der Waals surface area contributed by atoms with E-state index in [0.717, 1.165) is 28.9 Å². The molecule has 0 aromatic heterocycles. The van der Waals surface area contributed by atoms with E-state index in [0.29, 0.717) is 0 Å². The van der Waals surface area contributed by atoms with Gasteiger partial charge in [0.2, 0.25) is 5.91 Å². The number of nitrogens with one attached hydrogen (secondary N) is 1. The van der Waals surface area contributed by atoms with Gasteiger partial charge in [0.05, 0.1) is 16.5 Å². The summed E-state index contributed by atoms with van der Waals surface area (Å²) in [6, 6.07) is 12.7. The van der Waals surface area contributed by atoms with Crippen molar-refractivity contribution >= 4 is 23.0 Å². The second-order valence-corrected chi connectivity index (χ2v) is 7.14. The van der Waals surface area contributed by atoms with Crippen LogP contribution in [0.1, 0.15) is 36.4 Å². The van der Waals surface area contributed by atoms with Gasteiger partial charge in [-0.05, 0) is 36.1 Å². The van der Waals surface area contributed by atoms with Crippen molar-refractivity contribution in [2.45, 2.75) is 25.3 Å². The summed E-state index contributed by atoms with van der Waals surface area (Å²) >= 11 is 0. The Balaban J connectivity index is 1.78. The quantitative estimate of drug-likeness (QED) is 0.498. The van der Waals surface area contributed by atoms with Gasteiger partial charge in [0.15, 0.2) is 0 Å². The van der Waals surface area contributed by atoms with Crippen LogP contribution in [0.3, 0.4) is 0 Å². The zero-order chi connectivity index (χ0) is 19.1. The highest BCUT2D eigenvalue weighted by molar-refractivity contribution is 5.91. The smallest absolute Gasteiger partial charge is 0.274 e. The summed E-state index contributed by atoms with van der Waals surface area (Å²) in [6.45, 7) is 1.54. The molecule has 3 unspecified atom stereocenters. The Labute approximate surface area is 157 Å². The minimum atomic E-state index is -0.311. The largest absolute Gasteiger partial charge is 0.377 e. The molecule has 0 spiro atoms. The molecule has 1 heterocycles. The lowest BCUT2D eigenvalue weighted by atomic mass is 9.76. The Hall–Kier alpha value is -3.15. The van der Waals surface area contributed by atoms with E-state index in [9.17, 15) is 14.9 Å².